The van der Waals surface area contributed by atoms with E-state index in [0.717, 1.165) is 0 Å². The Bertz CT molecular complexity index is 884. The predicted octanol–water partition coefficient (Wildman–Crippen LogP) is 3.80. The van der Waals surface area contributed by atoms with Gasteiger partial charge in [0.25, 0.3) is 5.69 Å². The normalized spacial score (nSPS) is 18.7. The fourth-order valence-electron chi connectivity index (χ4n) is 3.21. The second-order valence-electron chi connectivity index (χ2n) is 6.78. The van der Waals surface area contributed by atoms with Crippen LogP contribution in [0.15, 0.2) is 51.8 Å². The smallest absolute Gasteiger partial charge is 0.336 e. The van der Waals surface area contributed by atoms with Gasteiger partial charge in [-0.05, 0) is 40.2 Å². The average Bonchev–Trinajstić information content (AvgIpc) is 2.65. The van der Waals surface area contributed by atoms with Crippen molar-refractivity contribution in [3.05, 3.63) is 62.5 Å². The number of ether oxygens (including phenoxy) is 1. The van der Waals surface area contributed by atoms with Crippen molar-refractivity contribution in [2.45, 2.75) is 46.6 Å². The van der Waals surface area contributed by atoms with Gasteiger partial charge in [-0.25, -0.2) is 4.79 Å². The Balaban J connectivity index is 2.71. The summed E-state index contributed by atoms with van der Waals surface area (Å²) < 4.78 is 4.98. The number of benzene rings is 1. The highest BCUT2D eigenvalue weighted by Gasteiger charge is 2.35. The molecule has 8 heteroatoms. The number of rotatable bonds is 6. The molecule has 1 N–H and O–H groups in total. The highest BCUT2D eigenvalue weighted by molar-refractivity contribution is 6.06. The second kappa shape index (κ2) is 8.79. The number of nitrogens with zero attached hydrogens (tertiary/aromatic N) is 2. The van der Waals surface area contributed by atoms with Crippen LogP contribution in [-0.4, -0.2) is 29.8 Å². The third kappa shape index (κ3) is 4.45. The molecule has 0 radical (unpaired) electrons. The van der Waals surface area contributed by atoms with E-state index in [1.807, 2.05) is 27.7 Å². The minimum atomic E-state index is -0.576. The minimum absolute atomic E-state index is 0.0528. The van der Waals surface area contributed by atoms with Crippen molar-refractivity contribution < 1.29 is 19.3 Å². The maximum absolute atomic E-state index is 12.6. The van der Waals surface area contributed by atoms with Gasteiger partial charge in [0.05, 0.1) is 23.7 Å². The molecular weight excluding hydrogens is 362 g/mol. The van der Waals surface area contributed by atoms with Crippen molar-refractivity contribution in [3.8, 4) is 0 Å². The van der Waals surface area contributed by atoms with Gasteiger partial charge in [0.2, 0.25) is 0 Å². The Morgan fingerprint density at radius 1 is 1.32 bits per heavy atom. The Morgan fingerprint density at radius 2 is 2.00 bits per heavy atom. The fraction of sp³-hybridized carbons (Fsp3) is 0.400. The van der Waals surface area contributed by atoms with E-state index in [4.69, 9.17) is 9.57 Å². The summed E-state index contributed by atoms with van der Waals surface area (Å²) in [6, 6.07) is 6.24. The van der Waals surface area contributed by atoms with Crippen LogP contribution in [0.2, 0.25) is 0 Å². The molecule has 1 unspecified atom stereocenters. The first-order valence-corrected chi connectivity index (χ1v) is 8.88. The molecule has 1 aromatic carbocycles. The van der Waals surface area contributed by atoms with Gasteiger partial charge in [-0.2, -0.15) is 0 Å². The van der Waals surface area contributed by atoms with Crippen LogP contribution in [0.25, 0.3) is 0 Å². The van der Waals surface area contributed by atoms with E-state index in [2.05, 4.69) is 10.5 Å². The third-order valence-electron chi connectivity index (χ3n) is 4.36. The summed E-state index contributed by atoms with van der Waals surface area (Å²) in [6.07, 6.45) is -0.0648. The molecule has 1 heterocycles. The number of hydrogen-bond acceptors (Lipinski definition) is 7. The predicted molar refractivity (Wildman–Crippen MR) is 106 cm³/mol. The van der Waals surface area contributed by atoms with Crippen LogP contribution in [0.3, 0.4) is 0 Å². The maximum Gasteiger partial charge on any atom is 0.336 e. The largest absolute Gasteiger partial charge is 0.466 e. The molecule has 8 nitrogen and oxygen atoms in total. The van der Waals surface area contributed by atoms with E-state index in [9.17, 15) is 14.9 Å². The van der Waals surface area contributed by atoms with Gasteiger partial charge in [0.15, 0.2) is 0 Å². The number of carbonyl (C=O) groups excluding carboxylic acids is 1. The molecule has 1 aliphatic heterocycles. The first-order chi connectivity index (χ1) is 13.2. The number of nitro groups is 1. The zero-order chi connectivity index (χ0) is 21.0. The molecule has 0 saturated heterocycles. The van der Waals surface area contributed by atoms with E-state index in [1.54, 1.807) is 19.1 Å². The number of nitrogens with one attached hydrogen (secondary N) is 1. The molecule has 0 aromatic heterocycles. The summed E-state index contributed by atoms with van der Waals surface area (Å²) in [7, 11) is 1.30. The first-order valence-electron chi connectivity index (χ1n) is 8.88. The molecule has 0 amide bonds. The van der Waals surface area contributed by atoms with Gasteiger partial charge in [0.1, 0.15) is 0 Å². The minimum Gasteiger partial charge on any atom is -0.466 e. The van der Waals surface area contributed by atoms with Gasteiger partial charge in [-0.1, -0.05) is 12.1 Å². The number of non-ortho nitro benzene ring substituents is 1. The van der Waals surface area contributed by atoms with Crippen molar-refractivity contribution in [1.82, 2.24) is 5.48 Å². The third-order valence-corrected chi connectivity index (χ3v) is 4.36. The monoisotopic (exact) mass is 387 g/mol. The van der Waals surface area contributed by atoms with Crippen molar-refractivity contribution in [2.24, 2.45) is 4.99 Å². The number of methoxy groups -OCH3 is 1. The van der Waals surface area contributed by atoms with E-state index < -0.39 is 16.8 Å². The summed E-state index contributed by atoms with van der Waals surface area (Å²) in [5.74, 6) is -1.10. The molecule has 0 fully saturated rings. The van der Waals surface area contributed by atoms with Crippen LogP contribution in [0.4, 0.5) is 5.69 Å². The quantitative estimate of drug-likeness (QED) is 0.452. The van der Waals surface area contributed by atoms with Gasteiger partial charge in [0, 0.05) is 40.7 Å². The summed E-state index contributed by atoms with van der Waals surface area (Å²) in [6.45, 7) is 9.14. The van der Waals surface area contributed by atoms with E-state index in [0.29, 0.717) is 33.8 Å². The zero-order valence-electron chi connectivity index (χ0n) is 16.9. The molecule has 0 saturated carbocycles. The Labute approximate surface area is 164 Å². The molecule has 1 atom stereocenters. The SMILES string of the molecule is COC(=O)C1=C(C)N=C(C)C(=C(C)NOC(C)C)C1c1cccc([N+](=O)[O-])c1. The number of aliphatic imine (C=N–C) groups is 1. The van der Waals surface area contributed by atoms with Gasteiger partial charge >= 0.3 is 5.97 Å². The van der Waals surface area contributed by atoms with Gasteiger partial charge < -0.3 is 4.74 Å². The number of esters is 1. The number of hydroxylamine groups is 1. The summed E-state index contributed by atoms with van der Waals surface area (Å²) in [4.78, 5) is 33.4. The summed E-state index contributed by atoms with van der Waals surface area (Å²) in [5.41, 5.74) is 6.38. The topological polar surface area (TPSA) is 103 Å². The lowest BCUT2D eigenvalue weighted by Gasteiger charge is -2.29. The van der Waals surface area contributed by atoms with Crippen molar-refractivity contribution in [3.63, 3.8) is 0 Å². The highest BCUT2D eigenvalue weighted by atomic mass is 16.7. The van der Waals surface area contributed by atoms with Crippen molar-refractivity contribution >= 4 is 17.4 Å². The van der Waals surface area contributed by atoms with Crippen LogP contribution in [0.5, 0.6) is 0 Å². The van der Waals surface area contributed by atoms with E-state index >= 15 is 0 Å². The number of hydrogen-bond donors (Lipinski definition) is 1. The Morgan fingerprint density at radius 3 is 2.57 bits per heavy atom. The van der Waals surface area contributed by atoms with Crippen LogP contribution >= 0.6 is 0 Å². The Hall–Kier alpha value is -3.00. The maximum atomic E-state index is 12.6. The van der Waals surface area contributed by atoms with Crippen LogP contribution in [0, 0.1) is 10.1 Å². The zero-order valence-corrected chi connectivity index (χ0v) is 16.9. The Kier molecular flexibility index (Phi) is 6.69. The standard InChI is InChI=1S/C20H25N3O5/c1-11(2)28-22-14(5)17-12(3)21-13(4)18(20(24)27-6)19(17)15-8-7-9-16(10-15)23(25)26/h7-11,19,22H,1-6H3. The second-order valence-corrected chi connectivity index (χ2v) is 6.78. The van der Waals surface area contributed by atoms with Crippen molar-refractivity contribution in [2.75, 3.05) is 7.11 Å². The lowest BCUT2D eigenvalue weighted by molar-refractivity contribution is -0.384. The summed E-state index contributed by atoms with van der Waals surface area (Å²) in [5, 5.41) is 11.3. The van der Waals surface area contributed by atoms with Gasteiger partial charge in [-0.3, -0.25) is 25.4 Å². The van der Waals surface area contributed by atoms with E-state index in [1.165, 1.54) is 19.2 Å². The molecular formula is C20H25N3O5. The molecule has 2 rings (SSSR count). The molecule has 1 aliphatic rings. The van der Waals surface area contributed by atoms with Crippen LogP contribution in [0.1, 0.15) is 46.1 Å². The first kappa shape index (κ1) is 21.3. The molecule has 150 valence electrons. The average molecular weight is 387 g/mol. The summed E-state index contributed by atoms with van der Waals surface area (Å²) >= 11 is 0. The van der Waals surface area contributed by atoms with Crippen LogP contribution in [-0.2, 0) is 14.4 Å². The number of nitro benzene ring substituents is 1. The lowest BCUT2D eigenvalue weighted by atomic mass is 9.79. The van der Waals surface area contributed by atoms with Gasteiger partial charge in [-0.15, -0.1) is 0 Å². The molecule has 28 heavy (non-hydrogen) atoms. The lowest BCUT2D eigenvalue weighted by Crippen LogP contribution is -2.28. The highest BCUT2D eigenvalue weighted by Crippen LogP contribution is 2.40. The van der Waals surface area contributed by atoms with Crippen LogP contribution < -0.4 is 5.48 Å². The van der Waals surface area contributed by atoms with E-state index in [-0.39, 0.29) is 11.8 Å². The molecule has 0 spiro atoms. The fourth-order valence-corrected chi connectivity index (χ4v) is 3.21. The van der Waals surface area contributed by atoms with Crippen molar-refractivity contribution in [1.29, 1.82) is 0 Å². The molecule has 0 aliphatic carbocycles. The molecule has 1 aromatic rings. The molecule has 0 bridgehead atoms. The number of allylic oxidation sites excluding steroid dienone is 3. The number of carbonyl (C=O) groups is 1.